The van der Waals surface area contributed by atoms with Crippen LogP contribution >= 0.6 is 0 Å². The van der Waals surface area contributed by atoms with Crippen LogP contribution in [-0.4, -0.2) is 23.7 Å². The van der Waals surface area contributed by atoms with Gasteiger partial charge in [0.2, 0.25) is 5.91 Å². The van der Waals surface area contributed by atoms with Gasteiger partial charge in [-0.15, -0.1) is 0 Å². The van der Waals surface area contributed by atoms with Crippen LogP contribution in [0.2, 0.25) is 0 Å². The van der Waals surface area contributed by atoms with Gasteiger partial charge in [-0.05, 0) is 42.3 Å². The summed E-state index contributed by atoms with van der Waals surface area (Å²) >= 11 is 0. The number of hydrogen-bond donors (Lipinski definition) is 1. The molecule has 1 aliphatic rings. The van der Waals surface area contributed by atoms with Crippen molar-refractivity contribution in [1.82, 2.24) is 4.57 Å². The first-order chi connectivity index (χ1) is 13.2. The van der Waals surface area contributed by atoms with E-state index in [-0.39, 0.29) is 11.9 Å². The molecule has 1 atom stereocenters. The van der Waals surface area contributed by atoms with Gasteiger partial charge in [0.15, 0.2) is 11.5 Å². The molecule has 5 heteroatoms. The number of hydrogen-bond acceptors (Lipinski definition) is 3. The maximum Gasteiger partial charge on any atom is 0.226 e. The Balaban J connectivity index is 1.53. The van der Waals surface area contributed by atoms with Crippen molar-refractivity contribution >= 4 is 11.6 Å². The first-order valence-corrected chi connectivity index (χ1v) is 9.08. The van der Waals surface area contributed by atoms with E-state index in [1.54, 1.807) is 0 Å². The molecule has 1 aliphatic heterocycles. The number of ether oxygens (including phenoxy) is 2. The van der Waals surface area contributed by atoms with Gasteiger partial charge in [-0.2, -0.15) is 0 Å². The van der Waals surface area contributed by atoms with Crippen molar-refractivity contribution in [3.8, 4) is 11.5 Å². The molecule has 0 fully saturated rings. The Morgan fingerprint density at radius 3 is 2.56 bits per heavy atom. The quantitative estimate of drug-likeness (QED) is 0.741. The number of carbonyl (C=O) groups is 1. The molecule has 2 aromatic carbocycles. The molecule has 3 aromatic rings. The fourth-order valence-corrected chi connectivity index (χ4v) is 3.40. The Morgan fingerprint density at radius 1 is 1.04 bits per heavy atom. The molecular formula is C22H22N2O3. The molecule has 1 aromatic heterocycles. The lowest BCUT2D eigenvalue weighted by Gasteiger charge is -2.22. The number of rotatable bonds is 5. The maximum absolute atomic E-state index is 12.8. The van der Waals surface area contributed by atoms with Crippen molar-refractivity contribution in [2.75, 3.05) is 18.5 Å². The second-order valence-corrected chi connectivity index (χ2v) is 6.61. The summed E-state index contributed by atoms with van der Waals surface area (Å²) in [6, 6.07) is 17.6. The van der Waals surface area contributed by atoms with E-state index in [9.17, 15) is 4.79 Å². The van der Waals surface area contributed by atoms with Crippen LogP contribution in [0.3, 0.4) is 0 Å². The lowest BCUT2D eigenvalue weighted by atomic mass is 9.98. The molecular weight excluding hydrogens is 340 g/mol. The predicted octanol–water partition coefficient (Wildman–Crippen LogP) is 4.19. The fraction of sp³-hybridized carbons (Fsp3) is 0.227. The van der Waals surface area contributed by atoms with Crippen molar-refractivity contribution in [2.45, 2.75) is 19.4 Å². The number of amides is 1. The van der Waals surface area contributed by atoms with Crippen LogP contribution in [0.5, 0.6) is 11.5 Å². The van der Waals surface area contributed by atoms with Crippen LogP contribution in [0.4, 0.5) is 5.69 Å². The van der Waals surface area contributed by atoms with E-state index in [1.807, 2.05) is 54.9 Å². The third-order valence-electron chi connectivity index (χ3n) is 4.74. The Hall–Kier alpha value is -3.21. The lowest BCUT2D eigenvalue weighted by molar-refractivity contribution is -0.116. The molecule has 0 aliphatic carbocycles. The summed E-state index contributed by atoms with van der Waals surface area (Å²) < 4.78 is 13.2. The minimum absolute atomic E-state index is 0.0476. The van der Waals surface area contributed by atoms with Crippen LogP contribution in [0.15, 0.2) is 67.0 Å². The highest BCUT2D eigenvalue weighted by molar-refractivity contribution is 5.91. The summed E-state index contributed by atoms with van der Waals surface area (Å²) in [6.45, 7) is 3.14. The fourth-order valence-electron chi connectivity index (χ4n) is 3.40. The summed E-state index contributed by atoms with van der Waals surface area (Å²) in [5.41, 5.74) is 3.02. The molecule has 1 N–H and O–H groups in total. The number of nitrogens with zero attached hydrogens (tertiary/aromatic N) is 1. The zero-order valence-corrected chi connectivity index (χ0v) is 15.2. The van der Waals surface area contributed by atoms with Gasteiger partial charge >= 0.3 is 0 Å². The number of benzene rings is 2. The molecule has 5 nitrogen and oxygen atoms in total. The highest BCUT2D eigenvalue weighted by atomic mass is 16.6. The van der Waals surface area contributed by atoms with Gasteiger partial charge in [-0.1, -0.05) is 24.3 Å². The van der Waals surface area contributed by atoms with Crippen molar-refractivity contribution in [1.29, 1.82) is 0 Å². The van der Waals surface area contributed by atoms with Gasteiger partial charge in [-0.25, -0.2) is 0 Å². The van der Waals surface area contributed by atoms with Gasteiger partial charge in [-0.3, -0.25) is 4.79 Å². The predicted molar refractivity (Wildman–Crippen MR) is 104 cm³/mol. The van der Waals surface area contributed by atoms with Crippen LogP contribution in [0.1, 0.15) is 23.6 Å². The van der Waals surface area contributed by atoms with Gasteiger partial charge in [0.1, 0.15) is 13.2 Å². The normalized spacial score (nSPS) is 13.8. The summed E-state index contributed by atoms with van der Waals surface area (Å²) in [4.78, 5) is 12.8. The maximum atomic E-state index is 12.8. The smallest absolute Gasteiger partial charge is 0.226 e. The summed E-state index contributed by atoms with van der Waals surface area (Å²) in [7, 11) is 0. The average Bonchev–Trinajstić information content (AvgIpc) is 3.21. The van der Waals surface area contributed by atoms with Gasteiger partial charge in [0.05, 0.1) is 12.5 Å². The second-order valence-electron chi connectivity index (χ2n) is 6.61. The molecule has 0 spiro atoms. The topological polar surface area (TPSA) is 52.5 Å². The standard InChI is InChI=1S/C22H22N2O3/c1-16-6-2-3-7-18(16)19(24-10-4-5-11-24)15-22(25)23-17-8-9-20-21(14-17)27-13-12-26-20/h2-11,14,19H,12-13,15H2,1H3,(H,23,25)/t19-/m0/s1. The molecule has 0 radical (unpaired) electrons. The molecule has 0 unspecified atom stereocenters. The third kappa shape index (κ3) is 3.82. The van der Waals surface area contributed by atoms with Gasteiger partial charge in [0, 0.05) is 24.1 Å². The van der Waals surface area contributed by atoms with Crippen LogP contribution in [0.25, 0.3) is 0 Å². The van der Waals surface area contributed by atoms with E-state index in [1.165, 1.54) is 5.56 Å². The summed E-state index contributed by atoms with van der Waals surface area (Å²) in [5, 5.41) is 2.99. The van der Waals surface area contributed by atoms with E-state index < -0.39 is 0 Å². The van der Waals surface area contributed by atoms with E-state index in [0.29, 0.717) is 36.8 Å². The Labute approximate surface area is 158 Å². The Kier molecular flexibility index (Phi) is 4.83. The third-order valence-corrected chi connectivity index (χ3v) is 4.74. The average molecular weight is 362 g/mol. The van der Waals surface area contributed by atoms with Gasteiger partial charge in [0.25, 0.3) is 0 Å². The minimum atomic E-state index is -0.0570. The van der Waals surface area contributed by atoms with E-state index in [0.717, 1.165) is 5.56 Å². The largest absolute Gasteiger partial charge is 0.486 e. The SMILES string of the molecule is Cc1ccccc1[C@H](CC(=O)Nc1ccc2c(c1)OCCO2)n1cccc1. The zero-order chi connectivity index (χ0) is 18.6. The lowest BCUT2D eigenvalue weighted by Crippen LogP contribution is -2.20. The van der Waals surface area contributed by atoms with Crippen molar-refractivity contribution < 1.29 is 14.3 Å². The number of anilines is 1. The molecule has 0 saturated heterocycles. The van der Waals surface area contributed by atoms with Gasteiger partial charge < -0.3 is 19.4 Å². The van der Waals surface area contributed by atoms with E-state index in [2.05, 4.69) is 28.9 Å². The summed E-state index contributed by atoms with van der Waals surface area (Å²) in [6.07, 6.45) is 4.33. The van der Waals surface area contributed by atoms with Crippen molar-refractivity contribution in [3.63, 3.8) is 0 Å². The number of carbonyl (C=O) groups excluding carboxylic acids is 1. The molecule has 4 rings (SSSR count). The number of nitrogens with one attached hydrogen (secondary N) is 1. The molecule has 138 valence electrons. The first-order valence-electron chi connectivity index (χ1n) is 9.08. The second kappa shape index (κ2) is 7.58. The Bertz CT molecular complexity index is 934. The summed E-state index contributed by atoms with van der Waals surface area (Å²) in [5.74, 6) is 1.33. The van der Waals surface area contributed by atoms with Crippen LogP contribution in [0, 0.1) is 6.92 Å². The number of aromatic nitrogens is 1. The molecule has 27 heavy (non-hydrogen) atoms. The zero-order valence-electron chi connectivity index (χ0n) is 15.2. The first kappa shape index (κ1) is 17.2. The van der Waals surface area contributed by atoms with E-state index in [4.69, 9.17) is 9.47 Å². The number of aryl methyl sites for hydroxylation is 1. The highest BCUT2D eigenvalue weighted by Gasteiger charge is 2.20. The minimum Gasteiger partial charge on any atom is -0.486 e. The van der Waals surface area contributed by atoms with Crippen LogP contribution < -0.4 is 14.8 Å². The molecule has 2 heterocycles. The van der Waals surface area contributed by atoms with Crippen LogP contribution in [-0.2, 0) is 4.79 Å². The Morgan fingerprint density at radius 2 is 1.78 bits per heavy atom. The number of fused-ring (bicyclic) bond motifs is 1. The molecule has 0 bridgehead atoms. The highest BCUT2D eigenvalue weighted by Crippen LogP contribution is 2.33. The van der Waals surface area contributed by atoms with Crippen molar-refractivity contribution in [2.24, 2.45) is 0 Å². The molecule has 0 saturated carbocycles. The monoisotopic (exact) mass is 362 g/mol. The molecule has 1 amide bonds. The van der Waals surface area contributed by atoms with Crippen molar-refractivity contribution in [3.05, 3.63) is 78.1 Å². The van der Waals surface area contributed by atoms with E-state index >= 15 is 0 Å².